The number of carbonyl (C=O) groups excluding carboxylic acids is 1. The molecular formula is C22H20N4OS. The van der Waals surface area contributed by atoms with Gasteiger partial charge in [-0.1, -0.05) is 18.2 Å². The molecule has 1 aliphatic heterocycles. The molecule has 1 aliphatic rings. The maximum Gasteiger partial charge on any atom is 0.256 e. The Morgan fingerprint density at radius 1 is 1.29 bits per heavy atom. The van der Waals surface area contributed by atoms with Crippen LogP contribution >= 0.6 is 11.3 Å². The van der Waals surface area contributed by atoms with Crippen LogP contribution in [-0.4, -0.2) is 22.3 Å². The minimum atomic E-state index is -0.191. The van der Waals surface area contributed by atoms with Crippen LogP contribution in [-0.2, 0) is 6.54 Å². The predicted octanol–water partition coefficient (Wildman–Crippen LogP) is 4.60. The first kappa shape index (κ1) is 18.4. The minimum Gasteiger partial charge on any atom is -0.312 e. The number of nitrogens with zero attached hydrogens (tertiary/aromatic N) is 3. The number of aromatic nitrogens is 1. The number of anilines is 1. The zero-order valence-electron chi connectivity index (χ0n) is 15.3. The number of pyridine rings is 1. The molecule has 28 heavy (non-hydrogen) atoms. The fraction of sp³-hybridized carbons (Fsp3) is 0.227. The van der Waals surface area contributed by atoms with E-state index in [2.05, 4.69) is 33.4 Å². The Morgan fingerprint density at radius 3 is 3.04 bits per heavy atom. The van der Waals surface area contributed by atoms with Crippen molar-refractivity contribution in [2.75, 3.05) is 11.9 Å². The highest BCUT2D eigenvalue weighted by Gasteiger charge is 2.26. The summed E-state index contributed by atoms with van der Waals surface area (Å²) in [6.07, 6.45) is 4.10. The lowest BCUT2D eigenvalue weighted by atomic mass is 10.1. The lowest BCUT2D eigenvalue weighted by molar-refractivity contribution is 0.102. The fourth-order valence-electron chi connectivity index (χ4n) is 3.64. The number of likely N-dealkylation sites (tertiary alicyclic amines) is 1. The van der Waals surface area contributed by atoms with Gasteiger partial charge in [-0.3, -0.25) is 14.7 Å². The molecule has 0 saturated carbocycles. The quantitative estimate of drug-likeness (QED) is 0.693. The number of nitrogens with one attached hydrogen (secondary N) is 1. The number of benzene rings is 1. The molecule has 3 heterocycles. The van der Waals surface area contributed by atoms with Crippen LogP contribution in [0, 0.1) is 11.3 Å². The SMILES string of the molecule is N#Cc1ccsc1NC(=O)c1cccc(CN2CCC[C@@H]2c2ccccn2)c1. The van der Waals surface area contributed by atoms with E-state index in [4.69, 9.17) is 5.26 Å². The van der Waals surface area contributed by atoms with Crippen LogP contribution in [0.5, 0.6) is 0 Å². The highest BCUT2D eigenvalue weighted by atomic mass is 32.1. The third-order valence-corrected chi connectivity index (χ3v) is 5.81. The summed E-state index contributed by atoms with van der Waals surface area (Å²) in [6, 6.07) is 17.9. The first-order valence-electron chi connectivity index (χ1n) is 9.27. The first-order valence-corrected chi connectivity index (χ1v) is 10.2. The van der Waals surface area contributed by atoms with Crippen molar-refractivity contribution in [3.05, 3.63) is 82.5 Å². The van der Waals surface area contributed by atoms with Crippen LogP contribution in [0.2, 0.25) is 0 Å². The molecule has 1 amide bonds. The van der Waals surface area contributed by atoms with Crippen molar-refractivity contribution in [2.45, 2.75) is 25.4 Å². The van der Waals surface area contributed by atoms with E-state index in [1.165, 1.54) is 11.3 Å². The summed E-state index contributed by atoms with van der Waals surface area (Å²) in [6.45, 7) is 1.81. The van der Waals surface area contributed by atoms with Gasteiger partial charge in [0, 0.05) is 18.3 Å². The molecule has 0 unspecified atom stereocenters. The first-order chi connectivity index (χ1) is 13.7. The summed E-state index contributed by atoms with van der Waals surface area (Å²) in [5.74, 6) is -0.191. The molecule has 140 valence electrons. The second kappa shape index (κ2) is 8.34. The van der Waals surface area contributed by atoms with Gasteiger partial charge in [0.05, 0.1) is 17.3 Å². The van der Waals surface area contributed by atoms with Crippen molar-refractivity contribution in [1.29, 1.82) is 5.26 Å². The van der Waals surface area contributed by atoms with Gasteiger partial charge in [-0.2, -0.15) is 5.26 Å². The van der Waals surface area contributed by atoms with Crippen molar-refractivity contribution >= 4 is 22.2 Å². The van der Waals surface area contributed by atoms with Gasteiger partial charge < -0.3 is 5.32 Å². The van der Waals surface area contributed by atoms with Gasteiger partial charge in [0.1, 0.15) is 11.1 Å². The molecule has 2 aromatic heterocycles. The second-order valence-corrected chi connectivity index (χ2v) is 7.73. The normalized spacial score (nSPS) is 16.6. The van der Waals surface area contributed by atoms with E-state index in [1.54, 1.807) is 17.5 Å². The number of hydrogen-bond donors (Lipinski definition) is 1. The van der Waals surface area contributed by atoms with E-state index in [9.17, 15) is 4.79 Å². The third kappa shape index (κ3) is 3.96. The molecule has 1 aromatic carbocycles. The average molecular weight is 388 g/mol. The van der Waals surface area contributed by atoms with Crippen LogP contribution in [0.1, 0.15) is 46.1 Å². The molecule has 1 N–H and O–H groups in total. The number of nitriles is 1. The van der Waals surface area contributed by atoms with Gasteiger partial charge in [0.25, 0.3) is 5.91 Å². The van der Waals surface area contributed by atoms with E-state index in [0.29, 0.717) is 22.2 Å². The number of rotatable bonds is 5. The zero-order valence-corrected chi connectivity index (χ0v) is 16.2. The second-order valence-electron chi connectivity index (χ2n) is 6.81. The van der Waals surface area contributed by atoms with Gasteiger partial charge in [-0.15, -0.1) is 11.3 Å². The van der Waals surface area contributed by atoms with Crippen molar-refractivity contribution in [3.8, 4) is 6.07 Å². The molecule has 4 rings (SSSR count). The molecule has 1 fully saturated rings. The van der Waals surface area contributed by atoms with Gasteiger partial charge >= 0.3 is 0 Å². The minimum absolute atomic E-state index is 0.191. The molecule has 1 atom stereocenters. The molecule has 0 radical (unpaired) electrons. The van der Waals surface area contributed by atoms with Gasteiger partial charge in [-0.25, -0.2) is 0 Å². The zero-order chi connectivity index (χ0) is 19.3. The lowest BCUT2D eigenvalue weighted by Gasteiger charge is -2.24. The van der Waals surface area contributed by atoms with Crippen LogP contribution in [0.15, 0.2) is 60.1 Å². The average Bonchev–Trinajstić information content (AvgIpc) is 3.38. The molecule has 1 saturated heterocycles. The lowest BCUT2D eigenvalue weighted by Crippen LogP contribution is -2.23. The van der Waals surface area contributed by atoms with Crippen molar-refractivity contribution in [1.82, 2.24) is 9.88 Å². The number of hydrogen-bond acceptors (Lipinski definition) is 5. The molecular weight excluding hydrogens is 368 g/mol. The van der Waals surface area contributed by atoms with Crippen LogP contribution < -0.4 is 5.32 Å². The summed E-state index contributed by atoms with van der Waals surface area (Å²) in [4.78, 5) is 19.6. The molecule has 5 nitrogen and oxygen atoms in total. The fourth-order valence-corrected chi connectivity index (χ4v) is 4.37. The van der Waals surface area contributed by atoms with E-state index in [1.807, 2.05) is 30.5 Å². The summed E-state index contributed by atoms with van der Waals surface area (Å²) in [5.41, 5.74) is 3.30. The Labute approximate surface area is 168 Å². The molecule has 6 heteroatoms. The molecule has 3 aromatic rings. The van der Waals surface area contributed by atoms with Gasteiger partial charge in [0.2, 0.25) is 0 Å². The highest BCUT2D eigenvalue weighted by Crippen LogP contribution is 2.32. The van der Waals surface area contributed by atoms with E-state index < -0.39 is 0 Å². The van der Waals surface area contributed by atoms with Gasteiger partial charge in [0.15, 0.2) is 0 Å². The number of amides is 1. The van der Waals surface area contributed by atoms with E-state index in [-0.39, 0.29) is 5.91 Å². The topological polar surface area (TPSA) is 69.0 Å². The Morgan fingerprint density at radius 2 is 2.21 bits per heavy atom. The van der Waals surface area contributed by atoms with E-state index in [0.717, 1.165) is 37.2 Å². The molecule has 0 bridgehead atoms. The van der Waals surface area contributed by atoms with Crippen LogP contribution in [0.4, 0.5) is 5.00 Å². The highest BCUT2D eigenvalue weighted by molar-refractivity contribution is 7.14. The van der Waals surface area contributed by atoms with Crippen molar-refractivity contribution in [3.63, 3.8) is 0 Å². The predicted molar refractivity (Wildman–Crippen MR) is 110 cm³/mol. The summed E-state index contributed by atoms with van der Waals surface area (Å²) < 4.78 is 0. The van der Waals surface area contributed by atoms with Gasteiger partial charge in [-0.05, 0) is 60.7 Å². The summed E-state index contributed by atoms with van der Waals surface area (Å²) in [5, 5.41) is 14.3. The van der Waals surface area contributed by atoms with Crippen molar-refractivity contribution in [2.24, 2.45) is 0 Å². The van der Waals surface area contributed by atoms with Crippen LogP contribution in [0.25, 0.3) is 0 Å². The Balaban J connectivity index is 1.48. The standard InChI is InChI=1S/C22H20N4OS/c23-14-18-9-12-28-22(18)25-21(27)17-6-3-5-16(13-17)15-26-11-4-8-20(26)19-7-1-2-10-24-19/h1-3,5-7,9-10,12-13,20H,4,8,11,15H2,(H,25,27)/t20-/m1/s1. The van der Waals surface area contributed by atoms with E-state index >= 15 is 0 Å². The maximum atomic E-state index is 12.6. The largest absolute Gasteiger partial charge is 0.312 e. The summed E-state index contributed by atoms with van der Waals surface area (Å²) in [7, 11) is 0. The smallest absolute Gasteiger partial charge is 0.256 e. The molecule has 0 aliphatic carbocycles. The summed E-state index contributed by atoms with van der Waals surface area (Å²) >= 11 is 1.36. The Hall–Kier alpha value is -3.01. The molecule has 0 spiro atoms. The number of carbonyl (C=O) groups is 1. The Kier molecular flexibility index (Phi) is 5.47. The monoisotopic (exact) mass is 388 g/mol. The third-order valence-electron chi connectivity index (χ3n) is 4.98. The van der Waals surface area contributed by atoms with Crippen molar-refractivity contribution < 1.29 is 4.79 Å². The maximum absolute atomic E-state index is 12.6. The van der Waals surface area contributed by atoms with Crippen LogP contribution in [0.3, 0.4) is 0 Å². The Bertz CT molecular complexity index is 1010. The number of thiophene rings is 1.